The summed E-state index contributed by atoms with van der Waals surface area (Å²) in [6, 6.07) is 11.8. The smallest absolute Gasteiger partial charge is 0.271 e. The number of fused-ring (bicyclic) bond motifs is 2. The second kappa shape index (κ2) is 7.22. The summed E-state index contributed by atoms with van der Waals surface area (Å²) in [5.74, 6) is 0.469. The van der Waals surface area contributed by atoms with E-state index in [2.05, 4.69) is 9.97 Å². The maximum atomic E-state index is 12.6. The molecule has 0 spiro atoms. The van der Waals surface area contributed by atoms with Crippen LogP contribution >= 0.6 is 0 Å². The maximum Gasteiger partial charge on any atom is 0.271 e. The van der Waals surface area contributed by atoms with E-state index >= 15 is 0 Å². The highest BCUT2D eigenvalue weighted by Gasteiger charge is 2.26. The normalized spacial score (nSPS) is 12.9. The van der Waals surface area contributed by atoms with Crippen molar-refractivity contribution in [2.45, 2.75) is 25.7 Å². The second-order valence-electron chi connectivity index (χ2n) is 6.75. The van der Waals surface area contributed by atoms with E-state index in [-0.39, 0.29) is 23.6 Å². The first kappa shape index (κ1) is 17.8. The molecular formula is C20H18N4O4. The van der Waals surface area contributed by atoms with Gasteiger partial charge in [-0.25, -0.2) is 4.98 Å². The highest BCUT2D eigenvalue weighted by Crippen LogP contribution is 2.32. The number of H-pyrrole nitrogens is 1. The number of para-hydroxylation sites is 1. The van der Waals surface area contributed by atoms with E-state index < -0.39 is 4.92 Å². The quantitative estimate of drug-likeness (QED) is 0.542. The van der Waals surface area contributed by atoms with E-state index in [0.717, 1.165) is 5.56 Å². The number of anilines is 1. The molecule has 142 valence electrons. The third-order valence-corrected chi connectivity index (χ3v) is 4.94. The number of hydrogen-bond acceptors (Lipinski definition) is 5. The minimum atomic E-state index is -0.455. The van der Waals surface area contributed by atoms with Gasteiger partial charge in [0.25, 0.3) is 11.2 Å². The molecule has 1 aliphatic heterocycles. The van der Waals surface area contributed by atoms with E-state index in [1.165, 1.54) is 12.1 Å². The molecule has 28 heavy (non-hydrogen) atoms. The predicted octanol–water partition coefficient (Wildman–Crippen LogP) is 2.74. The molecule has 1 N–H and O–H groups in total. The first-order valence-electron chi connectivity index (χ1n) is 9.08. The lowest BCUT2D eigenvalue weighted by molar-refractivity contribution is -0.384. The Morgan fingerprint density at radius 3 is 2.89 bits per heavy atom. The fraction of sp³-hybridized carbons (Fsp3) is 0.250. The summed E-state index contributed by atoms with van der Waals surface area (Å²) >= 11 is 0. The van der Waals surface area contributed by atoms with Crippen LogP contribution in [0.2, 0.25) is 0 Å². The van der Waals surface area contributed by atoms with Gasteiger partial charge >= 0.3 is 0 Å². The fourth-order valence-electron chi connectivity index (χ4n) is 3.54. The standard InChI is InChI=1S/C20H18N4O4/c25-19(23-11-10-13-8-9-14(24(27)28)12-17(13)23)7-3-6-18-21-16-5-2-1-4-15(16)20(26)22-18/h1-2,4-5,8-9,12H,3,6-7,10-11H2,(H,21,22,26). The third kappa shape index (κ3) is 3.36. The third-order valence-electron chi connectivity index (χ3n) is 4.94. The van der Waals surface area contributed by atoms with Crippen LogP contribution in [0.3, 0.4) is 0 Å². The lowest BCUT2D eigenvalue weighted by Gasteiger charge is -2.17. The number of amides is 1. The van der Waals surface area contributed by atoms with E-state index in [1.807, 2.05) is 6.07 Å². The number of nitrogens with zero attached hydrogens (tertiary/aromatic N) is 3. The van der Waals surface area contributed by atoms with Gasteiger partial charge in [-0.1, -0.05) is 18.2 Å². The highest BCUT2D eigenvalue weighted by atomic mass is 16.6. The number of nitro groups is 1. The topological polar surface area (TPSA) is 109 Å². The van der Waals surface area contributed by atoms with Gasteiger partial charge in [0.05, 0.1) is 21.5 Å². The Hall–Kier alpha value is -3.55. The summed E-state index contributed by atoms with van der Waals surface area (Å²) in [6.45, 7) is 0.528. The van der Waals surface area contributed by atoms with Crippen LogP contribution in [-0.4, -0.2) is 27.3 Å². The Bertz CT molecular complexity index is 1140. The van der Waals surface area contributed by atoms with Crippen molar-refractivity contribution in [2.75, 3.05) is 11.4 Å². The molecule has 0 unspecified atom stereocenters. The molecule has 0 fully saturated rings. The van der Waals surface area contributed by atoms with Crippen molar-refractivity contribution in [3.63, 3.8) is 0 Å². The number of non-ortho nitro benzene ring substituents is 1. The first-order valence-corrected chi connectivity index (χ1v) is 9.08. The summed E-state index contributed by atoms with van der Waals surface area (Å²) in [6.07, 6.45) is 1.97. The lowest BCUT2D eigenvalue weighted by Crippen LogP contribution is -2.28. The van der Waals surface area contributed by atoms with Gasteiger partial charge in [0.15, 0.2) is 0 Å². The number of aryl methyl sites for hydroxylation is 1. The Labute approximate surface area is 160 Å². The van der Waals surface area contributed by atoms with Crippen LogP contribution in [0.5, 0.6) is 0 Å². The molecule has 8 nitrogen and oxygen atoms in total. The molecule has 0 atom stereocenters. The van der Waals surface area contributed by atoms with Gasteiger partial charge in [0.1, 0.15) is 5.82 Å². The number of rotatable bonds is 5. The Morgan fingerprint density at radius 2 is 2.07 bits per heavy atom. The largest absolute Gasteiger partial charge is 0.312 e. The first-order chi connectivity index (χ1) is 13.5. The van der Waals surface area contributed by atoms with Crippen LogP contribution in [0.15, 0.2) is 47.3 Å². The summed E-state index contributed by atoms with van der Waals surface area (Å²) in [5.41, 5.74) is 1.99. The molecule has 1 aromatic heterocycles. The lowest BCUT2D eigenvalue weighted by atomic mass is 10.1. The number of hydrogen-bond donors (Lipinski definition) is 1. The van der Waals surface area contributed by atoms with Gasteiger partial charge in [-0.2, -0.15) is 0 Å². The molecule has 4 rings (SSSR count). The van der Waals surface area contributed by atoms with Crippen LogP contribution in [0.25, 0.3) is 10.9 Å². The molecule has 3 aromatic rings. The second-order valence-corrected chi connectivity index (χ2v) is 6.75. The van der Waals surface area contributed by atoms with E-state index in [9.17, 15) is 19.7 Å². The van der Waals surface area contributed by atoms with Crippen LogP contribution in [0.1, 0.15) is 24.2 Å². The molecule has 8 heteroatoms. The number of aromatic nitrogens is 2. The van der Waals surface area contributed by atoms with Gasteiger partial charge in [0.2, 0.25) is 5.91 Å². The van der Waals surface area contributed by atoms with Crippen molar-refractivity contribution in [3.05, 3.63) is 74.3 Å². The fourth-order valence-corrected chi connectivity index (χ4v) is 3.54. The Balaban J connectivity index is 1.43. The molecule has 0 aliphatic carbocycles. The average molecular weight is 378 g/mol. The van der Waals surface area contributed by atoms with Gasteiger partial charge in [-0.3, -0.25) is 19.7 Å². The van der Waals surface area contributed by atoms with Crippen LogP contribution < -0.4 is 10.5 Å². The van der Waals surface area contributed by atoms with Crippen molar-refractivity contribution >= 4 is 28.2 Å². The van der Waals surface area contributed by atoms with Crippen molar-refractivity contribution in [1.82, 2.24) is 9.97 Å². The van der Waals surface area contributed by atoms with Crippen molar-refractivity contribution in [1.29, 1.82) is 0 Å². The summed E-state index contributed by atoms with van der Waals surface area (Å²) < 4.78 is 0. The molecule has 0 radical (unpaired) electrons. The predicted molar refractivity (Wildman–Crippen MR) is 104 cm³/mol. The van der Waals surface area contributed by atoms with Gasteiger partial charge in [-0.15, -0.1) is 0 Å². The summed E-state index contributed by atoms with van der Waals surface area (Å²) in [7, 11) is 0. The zero-order valence-electron chi connectivity index (χ0n) is 15.1. The molecule has 1 amide bonds. The molecule has 2 heterocycles. The number of nitrogens with one attached hydrogen (secondary N) is 1. The van der Waals surface area contributed by atoms with Gasteiger partial charge < -0.3 is 9.88 Å². The van der Waals surface area contributed by atoms with Crippen molar-refractivity contribution in [2.24, 2.45) is 0 Å². The molecule has 0 bridgehead atoms. The van der Waals surface area contributed by atoms with Crippen molar-refractivity contribution in [3.8, 4) is 0 Å². The molecule has 0 saturated heterocycles. The van der Waals surface area contributed by atoms with Crippen LogP contribution in [-0.2, 0) is 17.6 Å². The van der Waals surface area contributed by atoms with E-state index in [4.69, 9.17) is 0 Å². The Kier molecular flexibility index (Phi) is 4.60. The monoisotopic (exact) mass is 378 g/mol. The SMILES string of the molecule is O=C(CCCc1nc2ccccc2c(=O)[nH]1)N1CCc2ccc([N+](=O)[O-])cc21. The van der Waals surface area contributed by atoms with Gasteiger partial charge in [-0.05, 0) is 30.5 Å². The van der Waals surface area contributed by atoms with Crippen LogP contribution in [0.4, 0.5) is 11.4 Å². The van der Waals surface area contributed by atoms with E-state index in [1.54, 1.807) is 29.2 Å². The molecular weight excluding hydrogens is 360 g/mol. The minimum absolute atomic E-state index is 0.0172. The average Bonchev–Trinajstić information content (AvgIpc) is 3.11. The Morgan fingerprint density at radius 1 is 1.25 bits per heavy atom. The number of aromatic amines is 1. The van der Waals surface area contributed by atoms with Crippen molar-refractivity contribution < 1.29 is 9.72 Å². The van der Waals surface area contributed by atoms with E-state index in [0.29, 0.717) is 48.2 Å². The zero-order valence-corrected chi connectivity index (χ0v) is 15.1. The minimum Gasteiger partial charge on any atom is -0.312 e. The number of nitro benzene ring substituents is 1. The number of carbonyl (C=O) groups is 1. The number of benzene rings is 2. The maximum absolute atomic E-state index is 12.6. The van der Waals surface area contributed by atoms with Crippen LogP contribution in [0, 0.1) is 10.1 Å². The highest BCUT2D eigenvalue weighted by molar-refractivity contribution is 5.95. The summed E-state index contributed by atoms with van der Waals surface area (Å²) in [5, 5.41) is 11.5. The molecule has 2 aromatic carbocycles. The number of carbonyl (C=O) groups excluding carboxylic acids is 1. The zero-order chi connectivity index (χ0) is 19.7. The molecule has 0 saturated carbocycles. The van der Waals surface area contributed by atoms with Gasteiger partial charge in [0, 0.05) is 31.5 Å². The summed E-state index contributed by atoms with van der Waals surface area (Å²) in [4.78, 5) is 44.1. The molecule has 1 aliphatic rings.